The lowest BCUT2D eigenvalue weighted by Gasteiger charge is -2.36. The number of benzene rings is 3. The molecule has 0 spiro atoms. The third-order valence-electron chi connectivity index (χ3n) is 6.69. The molecule has 1 aromatic heterocycles. The van der Waals surface area contributed by atoms with E-state index in [1.807, 2.05) is 30.3 Å². The maximum Gasteiger partial charge on any atom is 0.336 e. The molecule has 0 unspecified atom stereocenters. The standard InChI is InChI=1S/C30H32N2O4/c1-21-14-22(2)16-23(15-21)20-35-27-8-9-28-24(17-30(33)36-29(28)18-27)19-31-10-12-32(13-11-31)25-4-6-26(34-3)7-5-25/h4-9,14-18H,10-13,19-20H2,1-3H3. The average Bonchev–Trinajstić information content (AvgIpc) is 2.87. The highest BCUT2D eigenvalue weighted by atomic mass is 16.5. The van der Waals surface area contributed by atoms with Gasteiger partial charge in [-0.2, -0.15) is 0 Å². The number of piperazine rings is 1. The molecule has 0 radical (unpaired) electrons. The predicted molar refractivity (Wildman–Crippen MR) is 143 cm³/mol. The summed E-state index contributed by atoms with van der Waals surface area (Å²) in [6.07, 6.45) is 0. The van der Waals surface area contributed by atoms with Crippen LogP contribution >= 0.6 is 0 Å². The van der Waals surface area contributed by atoms with E-state index in [1.165, 1.54) is 16.8 Å². The zero-order chi connectivity index (χ0) is 25.1. The van der Waals surface area contributed by atoms with Crippen molar-refractivity contribution in [1.29, 1.82) is 0 Å². The van der Waals surface area contributed by atoms with Gasteiger partial charge in [0.05, 0.1) is 7.11 Å². The molecular formula is C30H32N2O4. The number of nitrogens with zero attached hydrogens (tertiary/aromatic N) is 2. The zero-order valence-electron chi connectivity index (χ0n) is 21.1. The minimum Gasteiger partial charge on any atom is -0.497 e. The number of fused-ring (bicyclic) bond motifs is 1. The van der Waals surface area contributed by atoms with Crippen LogP contribution in [0, 0.1) is 13.8 Å². The monoisotopic (exact) mass is 484 g/mol. The molecular weight excluding hydrogens is 452 g/mol. The van der Waals surface area contributed by atoms with E-state index >= 15 is 0 Å². The zero-order valence-corrected chi connectivity index (χ0v) is 21.1. The fourth-order valence-corrected chi connectivity index (χ4v) is 4.95. The summed E-state index contributed by atoms with van der Waals surface area (Å²) in [4.78, 5) is 17.1. The summed E-state index contributed by atoms with van der Waals surface area (Å²) in [5, 5.41) is 0.950. The fourth-order valence-electron chi connectivity index (χ4n) is 4.95. The first-order valence-corrected chi connectivity index (χ1v) is 12.3. The number of aryl methyl sites for hydroxylation is 2. The first-order valence-electron chi connectivity index (χ1n) is 12.3. The summed E-state index contributed by atoms with van der Waals surface area (Å²) in [6.45, 7) is 9.06. The van der Waals surface area contributed by atoms with Crippen molar-refractivity contribution in [2.75, 3.05) is 38.2 Å². The van der Waals surface area contributed by atoms with Gasteiger partial charge in [-0.3, -0.25) is 4.90 Å². The van der Waals surface area contributed by atoms with Gasteiger partial charge < -0.3 is 18.8 Å². The second-order valence-electron chi connectivity index (χ2n) is 9.49. The Morgan fingerprint density at radius 3 is 2.22 bits per heavy atom. The molecule has 0 amide bonds. The van der Waals surface area contributed by atoms with Crippen molar-refractivity contribution in [3.05, 3.63) is 99.4 Å². The number of rotatable bonds is 7. The lowest BCUT2D eigenvalue weighted by atomic mass is 10.1. The van der Waals surface area contributed by atoms with Gasteiger partial charge in [0.15, 0.2) is 0 Å². The van der Waals surface area contributed by atoms with E-state index in [0.29, 0.717) is 24.5 Å². The molecule has 1 saturated heterocycles. The second-order valence-corrected chi connectivity index (χ2v) is 9.49. The molecule has 186 valence electrons. The molecule has 36 heavy (non-hydrogen) atoms. The molecule has 0 saturated carbocycles. The Balaban J connectivity index is 1.26. The third kappa shape index (κ3) is 5.55. The van der Waals surface area contributed by atoms with Crippen molar-refractivity contribution in [3.8, 4) is 11.5 Å². The Labute approximate surface area is 211 Å². The van der Waals surface area contributed by atoms with E-state index in [1.54, 1.807) is 13.2 Å². The molecule has 0 aliphatic carbocycles. The van der Waals surface area contributed by atoms with Crippen molar-refractivity contribution < 1.29 is 13.9 Å². The normalized spacial score (nSPS) is 14.2. The summed E-state index contributed by atoms with van der Waals surface area (Å²) in [6, 6.07) is 22.0. The van der Waals surface area contributed by atoms with Gasteiger partial charge in [0.25, 0.3) is 0 Å². The van der Waals surface area contributed by atoms with Crippen LogP contribution in [-0.2, 0) is 13.2 Å². The lowest BCUT2D eigenvalue weighted by Crippen LogP contribution is -2.46. The number of anilines is 1. The molecule has 3 aromatic carbocycles. The van der Waals surface area contributed by atoms with E-state index < -0.39 is 0 Å². The van der Waals surface area contributed by atoms with Crippen LogP contribution in [-0.4, -0.2) is 38.2 Å². The molecule has 1 aliphatic rings. The van der Waals surface area contributed by atoms with E-state index in [-0.39, 0.29) is 5.63 Å². The summed E-state index contributed by atoms with van der Waals surface area (Å²) >= 11 is 0. The van der Waals surface area contributed by atoms with Crippen molar-refractivity contribution in [2.45, 2.75) is 27.0 Å². The topological polar surface area (TPSA) is 55.2 Å². The summed E-state index contributed by atoms with van der Waals surface area (Å²) in [5.41, 5.74) is 5.97. The van der Waals surface area contributed by atoms with Crippen LogP contribution in [0.2, 0.25) is 0 Å². The van der Waals surface area contributed by atoms with E-state index in [9.17, 15) is 4.79 Å². The van der Waals surface area contributed by atoms with Crippen LogP contribution in [0.15, 0.2) is 75.9 Å². The maximum absolute atomic E-state index is 12.4. The molecule has 1 aliphatic heterocycles. The molecule has 0 bridgehead atoms. The third-order valence-corrected chi connectivity index (χ3v) is 6.69. The first-order chi connectivity index (χ1) is 17.5. The van der Waals surface area contributed by atoms with Gasteiger partial charge in [-0.05, 0) is 61.4 Å². The largest absolute Gasteiger partial charge is 0.497 e. The molecule has 0 atom stereocenters. The lowest BCUT2D eigenvalue weighted by molar-refractivity contribution is 0.250. The number of ether oxygens (including phenoxy) is 2. The van der Waals surface area contributed by atoms with E-state index in [2.05, 4.69) is 54.0 Å². The average molecular weight is 485 g/mol. The van der Waals surface area contributed by atoms with Gasteiger partial charge >= 0.3 is 5.63 Å². The first kappa shape index (κ1) is 23.9. The van der Waals surface area contributed by atoms with Crippen molar-refractivity contribution in [1.82, 2.24) is 4.90 Å². The summed E-state index contributed by atoms with van der Waals surface area (Å²) in [7, 11) is 1.68. The quantitative estimate of drug-likeness (QED) is 0.331. The molecule has 2 heterocycles. The Hall–Kier alpha value is -3.77. The molecule has 5 rings (SSSR count). The Bertz CT molecular complexity index is 1380. The minimum atomic E-state index is -0.333. The van der Waals surface area contributed by atoms with Gasteiger partial charge in [-0.25, -0.2) is 4.79 Å². The highest BCUT2D eigenvalue weighted by Crippen LogP contribution is 2.26. The van der Waals surface area contributed by atoms with Crippen LogP contribution in [0.5, 0.6) is 11.5 Å². The van der Waals surface area contributed by atoms with Crippen LogP contribution in [0.1, 0.15) is 22.3 Å². The Kier molecular flexibility index (Phi) is 6.96. The molecule has 1 fully saturated rings. The SMILES string of the molecule is COc1ccc(N2CCN(Cc3cc(=O)oc4cc(OCc5cc(C)cc(C)c5)ccc34)CC2)cc1. The molecule has 6 heteroatoms. The predicted octanol–water partition coefficient (Wildman–Crippen LogP) is 5.32. The van der Waals surface area contributed by atoms with Crippen molar-refractivity contribution in [2.24, 2.45) is 0 Å². The Morgan fingerprint density at radius 2 is 1.53 bits per heavy atom. The fraction of sp³-hybridized carbons (Fsp3) is 0.300. The molecule has 6 nitrogen and oxygen atoms in total. The number of hydrogen-bond donors (Lipinski definition) is 0. The van der Waals surface area contributed by atoms with Gasteiger partial charge in [0.2, 0.25) is 0 Å². The summed E-state index contributed by atoms with van der Waals surface area (Å²) in [5.74, 6) is 1.56. The summed E-state index contributed by atoms with van der Waals surface area (Å²) < 4.78 is 16.8. The maximum atomic E-state index is 12.4. The van der Waals surface area contributed by atoms with Crippen LogP contribution in [0.3, 0.4) is 0 Å². The Morgan fingerprint density at radius 1 is 0.833 bits per heavy atom. The van der Waals surface area contributed by atoms with E-state index in [4.69, 9.17) is 13.9 Å². The van der Waals surface area contributed by atoms with E-state index in [0.717, 1.165) is 48.4 Å². The molecule has 4 aromatic rings. The smallest absolute Gasteiger partial charge is 0.336 e. The highest BCUT2D eigenvalue weighted by molar-refractivity contribution is 5.81. The van der Waals surface area contributed by atoms with Crippen molar-refractivity contribution >= 4 is 16.7 Å². The molecule has 0 N–H and O–H groups in total. The van der Waals surface area contributed by atoms with Crippen molar-refractivity contribution in [3.63, 3.8) is 0 Å². The number of methoxy groups -OCH3 is 1. The van der Waals surface area contributed by atoms with Gasteiger partial charge in [0, 0.05) is 55.9 Å². The number of hydrogen-bond acceptors (Lipinski definition) is 6. The van der Waals surface area contributed by atoms with Gasteiger partial charge in [-0.1, -0.05) is 29.3 Å². The highest BCUT2D eigenvalue weighted by Gasteiger charge is 2.19. The van der Waals surface area contributed by atoms with Gasteiger partial charge in [-0.15, -0.1) is 0 Å². The second kappa shape index (κ2) is 10.5. The van der Waals surface area contributed by atoms with Gasteiger partial charge in [0.1, 0.15) is 23.7 Å². The minimum absolute atomic E-state index is 0.333. The van der Waals surface area contributed by atoms with Crippen LogP contribution in [0.4, 0.5) is 5.69 Å². The van der Waals surface area contributed by atoms with Crippen LogP contribution < -0.4 is 20.0 Å². The van der Waals surface area contributed by atoms with Crippen LogP contribution in [0.25, 0.3) is 11.0 Å².